The number of hydrogen-bond acceptors (Lipinski definition) is 1. The van der Waals surface area contributed by atoms with Crippen LogP contribution in [0, 0.1) is 12.8 Å². The predicted octanol–water partition coefficient (Wildman–Crippen LogP) is 5.69. The number of benzene rings is 2. The maximum absolute atomic E-state index is 13.0. The third-order valence-electron chi connectivity index (χ3n) is 4.57. The molecule has 0 heterocycles. The molecule has 0 bridgehead atoms. The van der Waals surface area contributed by atoms with Crippen LogP contribution in [0.1, 0.15) is 41.5 Å². The predicted molar refractivity (Wildman–Crippen MR) is 83.9 cm³/mol. The first-order chi connectivity index (χ1) is 9.72. The van der Waals surface area contributed by atoms with Gasteiger partial charge in [-0.25, -0.2) is 0 Å². The SMILES string of the molecule is Cc1c(SF)cccc1C1c2ccccc2CCC1C. The molecule has 20 heavy (non-hydrogen) atoms. The summed E-state index contributed by atoms with van der Waals surface area (Å²) in [5.41, 5.74) is 5.25. The molecule has 3 rings (SSSR count). The molecule has 0 fully saturated rings. The molecule has 0 N–H and O–H groups in total. The molecule has 0 amide bonds. The molecule has 2 aromatic rings. The number of hydrogen-bond donors (Lipinski definition) is 0. The second kappa shape index (κ2) is 5.61. The van der Waals surface area contributed by atoms with E-state index in [0.717, 1.165) is 16.9 Å². The average Bonchev–Trinajstić information content (AvgIpc) is 2.48. The van der Waals surface area contributed by atoms with Crippen LogP contribution < -0.4 is 0 Å². The second-order valence-corrected chi connectivity index (χ2v) is 6.33. The van der Waals surface area contributed by atoms with Crippen LogP contribution in [0.3, 0.4) is 0 Å². The quantitative estimate of drug-likeness (QED) is 0.683. The van der Waals surface area contributed by atoms with E-state index in [2.05, 4.69) is 37.3 Å². The number of rotatable bonds is 2. The molecule has 2 unspecified atom stereocenters. The zero-order valence-electron chi connectivity index (χ0n) is 11.9. The Morgan fingerprint density at radius 3 is 2.60 bits per heavy atom. The van der Waals surface area contributed by atoms with Crippen LogP contribution in [-0.4, -0.2) is 0 Å². The van der Waals surface area contributed by atoms with Crippen LogP contribution >= 0.6 is 12.1 Å². The molecule has 1 aliphatic carbocycles. The Morgan fingerprint density at radius 1 is 1.05 bits per heavy atom. The van der Waals surface area contributed by atoms with Crippen molar-refractivity contribution in [1.29, 1.82) is 0 Å². The topological polar surface area (TPSA) is 0 Å². The van der Waals surface area contributed by atoms with Gasteiger partial charge in [-0.2, -0.15) is 3.89 Å². The lowest BCUT2D eigenvalue weighted by Gasteiger charge is -2.33. The van der Waals surface area contributed by atoms with Crippen LogP contribution in [0.25, 0.3) is 0 Å². The van der Waals surface area contributed by atoms with Gasteiger partial charge in [0.2, 0.25) is 0 Å². The number of halogens is 1. The van der Waals surface area contributed by atoms with Crippen molar-refractivity contribution in [2.24, 2.45) is 5.92 Å². The fraction of sp³-hybridized carbons (Fsp3) is 0.333. The van der Waals surface area contributed by atoms with Crippen molar-refractivity contribution in [1.82, 2.24) is 0 Å². The smallest absolute Gasteiger partial charge is 0.0815 e. The van der Waals surface area contributed by atoms with E-state index in [1.165, 1.54) is 23.1 Å². The van der Waals surface area contributed by atoms with E-state index in [0.29, 0.717) is 24.0 Å². The van der Waals surface area contributed by atoms with Crippen molar-refractivity contribution in [3.63, 3.8) is 0 Å². The summed E-state index contributed by atoms with van der Waals surface area (Å²) >= 11 is 0.356. The van der Waals surface area contributed by atoms with Gasteiger partial charge >= 0.3 is 0 Å². The van der Waals surface area contributed by atoms with Crippen molar-refractivity contribution < 1.29 is 3.89 Å². The summed E-state index contributed by atoms with van der Waals surface area (Å²) in [4.78, 5) is 0.748. The van der Waals surface area contributed by atoms with Gasteiger partial charge < -0.3 is 0 Å². The molecule has 0 saturated heterocycles. The van der Waals surface area contributed by atoms with Crippen LogP contribution in [0.5, 0.6) is 0 Å². The molecule has 2 aromatic carbocycles. The molecule has 0 saturated carbocycles. The molecule has 2 atom stereocenters. The molecule has 0 radical (unpaired) electrons. The first kappa shape index (κ1) is 13.7. The van der Waals surface area contributed by atoms with Crippen molar-refractivity contribution in [3.8, 4) is 0 Å². The van der Waals surface area contributed by atoms with Crippen LogP contribution in [0.15, 0.2) is 47.4 Å². The van der Waals surface area contributed by atoms with Gasteiger partial charge in [0.15, 0.2) is 0 Å². The van der Waals surface area contributed by atoms with Gasteiger partial charge in [-0.3, -0.25) is 0 Å². The van der Waals surface area contributed by atoms with Gasteiger partial charge in [0, 0.05) is 10.8 Å². The lowest BCUT2D eigenvalue weighted by Crippen LogP contribution is -2.20. The zero-order valence-corrected chi connectivity index (χ0v) is 12.7. The maximum Gasteiger partial charge on any atom is 0.0815 e. The Hall–Kier alpha value is -1.28. The summed E-state index contributed by atoms with van der Waals surface area (Å²) < 4.78 is 13.0. The summed E-state index contributed by atoms with van der Waals surface area (Å²) in [5, 5.41) is 0. The van der Waals surface area contributed by atoms with Crippen LogP contribution in [0.2, 0.25) is 0 Å². The Morgan fingerprint density at radius 2 is 1.80 bits per heavy atom. The van der Waals surface area contributed by atoms with Crippen LogP contribution in [0.4, 0.5) is 3.89 Å². The summed E-state index contributed by atoms with van der Waals surface area (Å²) in [6.45, 7) is 4.36. The van der Waals surface area contributed by atoms with E-state index in [1.54, 1.807) is 0 Å². The van der Waals surface area contributed by atoms with E-state index >= 15 is 0 Å². The average molecular weight is 286 g/mol. The highest BCUT2D eigenvalue weighted by atomic mass is 32.2. The van der Waals surface area contributed by atoms with Crippen molar-refractivity contribution >= 4 is 12.1 Å². The lowest BCUT2D eigenvalue weighted by atomic mass is 9.72. The standard InChI is InChI=1S/C18H19FS/c1-12-10-11-14-6-3-4-7-16(14)18(12)15-8-5-9-17(20-19)13(15)2/h3-9,12,18H,10-11H2,1-2H3. The monoisotopic (exact) mass is 286 g/mol. The van der Waals surface area contributed by atoms with Crippen molar-refractivity contribution in [2.75, 3.05) is 0 Å². The zero-order chi connectivity index (χ0) is 14.1. The van der Waals surface area contributed by atoms with Crippen LogP contribution in [-0.2, 0) is 6.42 Å². The molecule has 2 heteroatoms. The molecule has 104 valence electrons. The van der Waals surface area contributed by atoms with Gasteiger partial charge in [0.05, 0.1) is 12.1 Å². The summed E-state index contributed by atoms with van der Waals surface area (Å²) in [6, 6.07) is 14.7. The maximum atomic E-state index is 13.0. The highest BCUT2D eigenvalue weighted by Gasteiger charge is 2.29. The Labute approximate surface area is 124 Å². The number of aryl methyl sites for hydroxylation is 1. The molecule has 0 nitrogen and oxygen atoms in total. The van der Waals surface area contributed by atoms with Crippen molar-refractivity contribution in [3.05, 3.63) is 64.7 Å². The minimum absolute atomic E-state index is 0.356. The molecule has 0 spiro atoms. The Bertz CT molecular complexity index is 621. The van der Waals surface area contributed by atoms with E-state index in [-0.39, 0.29) is 0 Å². The molecule has 0 aliphatic heterocycles. The second-order valence-electron chi connectivity index (χ2n) is 5.74. The highest BCUT2D eigenvalue weighted by Crippen LogP contribution is 2.43. The first-order valence-electron chi connectivity index (χ1n) is 7.18. The van der Waals surface area contributed by atoms with Gasteiger partial charge in [-0.1, -0.05) is 43.3 Å². The van der Waals surface area contributed by atoms with E-state index in [4.69, 9.17) is 0 Å². The molecular weight excluding hydrogens is 267 g/mol. The minimum Gasteiger partial charge on any atom is -0.160 e. The molecule has 0 aromatic heterocycles. The largest absolute Gasteiger partial charge is 0.160 e. The molecular formula is C18H19FS. The normalized spacial score (nSPS) is 21.6. The third kappa shape index (κ3) is 2.26. The first-order valence-corrected chi connectivity index (χ1v) is 7.90. The fourth-order valence-electron chi connectivity index (χ4n) is 3.45. The van der Waals surface area contributed by atoms with Gasteiger partial charge in [0.1, 0.15) is 0 Å². The summed E-state index contributed by atoms with van der Waals surface area (Å²) in [7, 11) is 0. The minimum atomic E-state index is 0.356. The fourth-order valence-corrected chi connectivity index (χ4v) is 3.81. The number of fused-ring (bicyclic) bond motifs is 1. The third-order valence-corrected chi connectivity index (χ3v) is 5.18. The Balaban J connectivity index is 2.14. The Kier molecular flexibility index (Phi) is 3.84. The summed E-state index contributed by atoms with van der Waals surface area (Å²) in [5.74, 6) is 0.996. The van der Waals surface area contributed by atoms with E-state index in [9.17, 15) is 3.89 Å². The van der Waals surface area contributed by atoms with Gasteiger partial charge in [-0.15, -0.1) is 0 Å². The highest BCUT2D eigenvalue weighted by molar-refractivity contribution is 7.94. The van der Waals surface area contributed by atoms with Gasteiger partial charge in [-0.05, 0) is 54.0 Å². The summed E-state index contributed by atoms with van der Waals surface area (Å²) in [6.07, 6.45) is 2.36. The van der Waals surface area contributed by atoms with Crippen molar-refractivity contribution in [2.45, 2.75) is 37.5 Å². The van der Waals surface area contributed by atoms with E-state index < -0.39 is 0 Å². The lowest BCUT2D eigenvalue weighted by molar-refractivity contribution is 0.444. The van der Waals surface area contributed by atoms with E-state index in [1.807, 2.05) is 19.1 Å². The molecule has 1 aliphatic rings. The van der Waals surface area contributed by atoms with Gasteiger partial charge in [0.25, 0.3) is 0 Å².